The molecule has 0 spiro atoms. The number of hydrogen-bond acceptors (Lipinski definition) is 7. The number of hydrogen-bond donors (Lipinski definition) is 3. The normalized spacial score (nSPS) is 23.2. The van der Waals surface area contributed by atoms with Gasteiger partial charge in [-0.3, -0.25) is 9.59 Å². The molecule has 2 saturated carbocycles. The summed E-state index contributed by atoms with van der Waals surface area (Å²) in [4.78, 5) is 39.5. The van der Waals surface area contributed by atoms with Crippen LogP contribution < -0.4 is 21.3 Å². The lowest BCUT2D eigenvalue weighted by molar-refractivity contribution is 0.0773. The summed E-state index contributed by atoms with van der Waals surface area (Å²) in [5.41, 5.74) is 9.05. The van der Waals surface area contributed by atoms with E-state index in [1.807, 2.05) is 25.1 Å². The summed E-state index contributed by atoms with van der Waals surface area (Å²) in [5.74, 6) is -0.275. The van der Waals surface area contributed by atoms with E-state index in [9.17, 15) is 14.0 Å². The molecule has 2 aliphatic heterocycles. The molecular weight excluding hydrogens is 593 g/mol. The van der Waals surface area contributed by atoms with Crippen LogP contribution in [0.2, 0.25) is 0 Å². The van der Waals surface area contributed by atoms with E-state index in [0.29, 0.717) is 24.1 Å². The monoisotopic (exact) mass is 639 g/mol. The lowest BCUT2D eigenvalue weighted by Gasteiger charge is -2.45. The molecule has 47 heavy (non-hydrogen) atoms. The molecular formula is C37H46FN7O2. The lowest BCUT2D eigenvalue weighted by Crippen LogP contribution is -2.54. The molecule has 2 amide bonds. The number of primary amides is 1. The Morgan fingerprint density at radius 2 is 1.72 bits per heavy atom. The Balaban J connectivity index is 1.04. The van der Waals surface area contributed by atoms with Crippen molar-refractivity contribution in [2.75, 3.05) is 29.9 Å². The first-order chi connectivity index (χ1) is 22.7. The second-order valence-corrected chi connectivity index (χ2v) is 14.3. The Labute approximate surface area is 276 Å². The highest BCUT2D eigenvalue weighted by Crippen LogP contribution is 2.41. The largest absolute Gasteiger partial charge is 0.364 e. The predicted octanol–water partition coefficient (Wildman–Crippen LogP) is 6.03. The molecule has 2 saturated heterocycles. The highest BCUT2D eigenvalue weighted by atomic mass is 19.1. The highest BCUT2D eigenvalue weighted by molar-refractivity contribution is 5.96. The zero-order valence-corrected chi connectivity index (χ0v) is 27.5. The fourth-order valence-corrected chi connectivity index (χ4v) is 7.59. The maximum atomic E-state index is 14.9. The van der Waals surface area contributed by atoms with Crippen LogP contribution in [0.25, 0.3) is 0 Å². The van der Waals surface area contributed by atoms with E-state index in [1.54, 1.807) is 12.3 Å². The molecule has 2 aliphatic carbocycles. The predicted molar refractivity (Wildman–Crippen MR) is 182 cm³/mol. The third kappa shape index (κ3) is 6.57. The van der Waals surface area contributed by atoms with Crippen LogP contribution in [0.4, 0.5) is 21.7 Å². The average Bonchev–Trinajstić information content (AvgIpc) is 3.88. The maximum absolute atomic E-state index is 14.9. The van der Waals surface area contributed by atoms with Crippen molar-refractivity contribution in [2.45, 2.75) is 101 Å². The number of amides is 2. The maximum Gasteiger partial charge on any atom is 0.271 e. The molecule has 0 bridgehead atoms. The molecule has 4 aliphatic rings. The average molecular weight is 640 g/mol. The first kappa shape index (κ1) is 31.5. The summed E-state index contributed by atoms with van der Waals surface area (Å²) in [7, 11) is 0. The number of nitrogens with one attached hydrogen (secondary N) is 2. The van der Waals surface area contributed by atoms with Crippen LogP contribution in [0.3, 0.4) is 0 Å². The van der Waals surface area contributed by atoms with E-state index in [4.69, 9.17) is 10.7 Å². The molecule has 2 aromatic carbocycles. The molecule has 3 heterocycles. The van der Waals surface area contributed by atoms with Crippen molar-refractivity contribution in [2.24, 2.45) is 5.73 Å². The van der Waals surface area contributed by atoms with E-state index in [0.717, 1.165) is 68.9 Å². The Bertz CT molecular complexity index is 1630. The van der Waals surface area contributed by atoms with Gasteiger partial charge in [-0.1, -0.05) is 31.5 Å². The first-order valence-corrected chi connectivity index (χ1v) is 17.3. The minimum atomic E-state index is -0.666. The van der Waals surface area contributed by atoms with E-state index < -0.39 is 17.6 Å². The Morgan fingerprint density at radius 3 is 2.36 bits per heavy atom. The summed E-state index contributed by atoms with van der Waals surface area (Å²) in [6.07, 6.45) is 11.6. The van der Waals surface area contributed by atoms with Gasteiger partial charge in [-0.15, -0.1) is 0 Å². The molecule has 248 valence electrons. The van der Waals surface area contributed by atoms with Crippen molar-refractivity contribution in [1.82, 2.24) is 20.2 Å². The molecule has 10 heteroatoms. The second kappa shape index (κ2) is 12.9. The van der Waals surface area contributed by atoms with Gasteiger partial charge >= 0.3 is 0 Å². The van der Waals surface area contributed by atoms with Crippen LogP contribution in [0.5, 0.6) is 0 Å². The SMILES string of the molecule is C[C@@H]1[C@H](NC(=O)c2ccc(C3CC3)cc2F)CCCN1c1cnc(C(N)=O)c(Nc2ccc(C3(C)CCN(C4CCC4)CC3)cc2)n1. The molecule has 0 radical (unpaired) electrons. The highest BCUT2D eigenvalue weighted by Gasteiger charge is 2.36. The van der Waals surface area contributed by atoms with Crippen molar-refractivity contribution >= 4 is 29.1 Å². The summed E-state index contributed by atoms with van der Waals surface area (Å²) >= 11 is 0. The van der Waals surface area contributed by atoms with Crippen LogP contribution in [0.1, 0.15) is 110 Å². The molecule has 2 atom stereocenters. The number of anilines is 3. The van der Waals surface area contributed by atoms with Crippen LogP contribution in [0, 0.1) is 5.82 Å². The van der Waals surface area contributed by atoms with Crippen LogP contribution >= 0.6 is 0 Å². The third-order valence-corrected chi connectivity index (χ3v) is 11.2. The van der Waals surface area contributed by atoms with Gasteiger partial charge in [-0.2, -0.15) is 0 Å². The number of piperidine rings is 2. The third-order valence-electron chi connectivity index (χ3n) is 11.2. The van der Waals surface area contributed by atoms with Gasteiger partial charge in [0.2, 0.25) is 0 Å². The summed E-state index contributed by atoms with van der Waals surface area (Å²) in [6.45, 7) is 7.38. The van der Waals surface area contributed by atoms with E-state index in [-0.39, 0.29) is 28.8 Å². The minimum absolute atomic E-state index is 0.0628. The molecule has 4 N–H and O–H groups in total. The zero-order valence-electron chi connectivity index (χ0n) is 27.5. The second-order valence-electron chi connectivity index (χ2n) is 14.3. The van der Waals surface area contributed by atoms with Crippen LogP contribution in [-0.2, 0) is 5.41 Å². The number of rotatable bonds is 9. The summed E-state index contributed by atoms with van der Waals surface area (Å²) in [6, 6.07) is 13.8. The number of benzene rings is 2. The standard InChI is InChI=1S/C37H46FN7O2/c1-23-31(42-36(47)29-15-10-25(21-30(29)38)24-8-9-24)7-4-18-45(23)32-22-40-33(34(39)46)35(43-32)41-27-13-11-26(12-14-27)37(2)16-19-44(20-17-37)28-5-3-6-28/h10-15,21-24,28,31H,3-9,16-20H2,1-2H3,(H2,39,46)(H,41,43)(H,42,47)/t23-,31-/m1/s1. The molecule has 7 rings (SSSR count). The molecule has 1 aromatic heterocycles. The van der Waals surface area contributed by atoms with Gasteiger partial charge in [0.15, 0.2) is 11.5 Å². The number of carbonyl (C=O) groups excluding carboxylic acids is 2. The van der Waals surface area contributed by atoms with E-state index in [2.05, 4.69) is 44.5 Å². The van der Waals surface area contributed by atoms with Gasteiger partial charge in [-0.05, 0) is 118 Å². The van der Waals surface area contributed by atoms with Crippen LogP contribution in [-0.4, -0.2) is 64.4 Å². The lowest BCUT2D eigenvalue weighted by atomic mass is 9.73. The van der Waals surface area contributed by atoms with Crippen molar-refractivity contribution in [3.8, 4) is 0 Å². The molecule has 3 aromatic rings. The van der Waals surface area contributed by atoms with Crippen molar-refractivity contribution in [3.63, 3.8) is 0 Å². The number of nitrogens with zero attached hydrogens (tertiary/aromatic N) is 4. The quantitative estimate of drug-likeness (QED) is 0.262. The topological polar surface area (TPSA) is 116 Å². The number of nitrogens with two attached hydrogens (primary N) is 1. The Morgan fingerprint density at radius 1 is 0.979 bits per heavy atom. The van der Waals surface area contributed by atoms with Crippen LogP contribution in [0.15, 0.2) is 48.7 Å². The fraction of sp³-hybridized carbons (Fsp3) is 0.514. The summed E-state index contributed by atoms with van der Waals surface area (Å²) in [5, 5.41) is 6.36. The number of carbonyl (C=O) groups is 2. The number of aromatic nitrogens is 2. The van der Waals surface area contributed by atoms with Gasteiger partial charge in [-0.25, -0.2) is 14.4 Å². The van der Waals surface area contributed by atoms with E-state index in [1.165, 1.54) is 30.9 Å². The van der Waals surface area contributed by atoms with Crippen molar-refractivity contribution in [3.05, 3.63) is 76.9 Å². The molecule has 4 fully saturated rings. The Hall–Kier alpha value is -4.05. The zero-order chi connectivity index (χ0) is 32.7. The fourth-order valence-electron chi connectivity index (χ4n) is 7.59. The summed E-state index contributed by atoms with van der Waals surface area (Å²) < 4.78 is 14.9. The smallest absolute Gasteiger partial charge is 0.271 e. The van der Waals surface area contributed by atoms with Crippen molar-refractivity contribution < 1.29 is 14.0 Å². The molecule has 0 unspecified atom stereocenters. The minimum Gasteiger partial charge on any atom is -0.364 e. The van der Waals surface area contributed by atoms with Gasteiger partial charge in [0, 0.05) is 30.4 Å². The number of halogens is 1. The molecule has 9 nitrogen and oxygen atoms in total. The van der Waals surface area contributed by atoms with Gasteiger partial charge in [0.05, 0.1) is 11.8 Å². The van der Waals surface area contributed by atoms with Crippen molar-refractivity contribution in [1.29, 1.82) is 0 Å². The van der Waals surface area contributed by atoms with Gasteiger partial charge < -0.3 is 26.2 Å². The van der Waals surface area contributed by atoms with Gasteiger partial charge in [0.1, 0.15) is 11.6 Å². The number of likely N-dealkylation sites (tertiary alicyclic amines) is 1. The first-order valence-electron chi connectivity index (χ1n) is 17.3. The van der Waals surface area contributed by atoms with Gasteiger partial charge in [0.25, 0.3) is 11.8 Å². The Kier molecular flexibility index (Phi) is 8.63. The van der Waals surface area contributed by atoms with E-state index >= 15 is 0 Å².